The summed E-state index contributed by atoms with van der Waals surface area (Å²) in [6, 6.07) is 13.7. The number of aromatic nitrogens is 2. The Kier molecular flexibility index (Phi) is 5.33. The zero-order valence-corrected chi connectivity index (χ0v) is 14.4. The molecule has 3 aromatic rings. The van der Waals surface area contributed by atoms with Gasteiger partial charge >= 0.3 is 0 Å². The Morgan fingerprint density at radius 2 is 1.83 bits per heavy atom. The first kappa shape index (κ1) is 16.3. The molecule has 0 bridgehead atoms. The summed E-state index contributed by atoms with van der Waals surface area (Å²) in [6.45, 7) is 0. The lowest BCUT2D eigenvalue weighted by Crippen LogP contribution is -2.27. The summed E-state index contributed by atoms with van der Waals surface area (Å²) >= 11 is 1.62. The van der Waals surface area contributed by atoms with Crippen molar-refractivity contribution in [3.05, 3.63) is 76.5 Å². The molecule has 3 rings (SSSR count). The van der Waals surface area contributed by atoms with Gasteiger partial charge in [0.15, 0.2) is 0 Å². The van der Waals surface area contributed by atoms with Crippen LogP contribution < -0.4 is 4.90 Å². The SMILES string of the molecule is CN(C(=O)Cc1csc(CCc2ccncc2)n1)c1ccccc1. The Morgan fingerprint density at radius 1 is 1.08 bits per heavy atom. The second-order valence-corrected chi connectivity index (χ2v) is 6.50. The van der Waals surface area contributed by atoms with E-state index in [1.807, 2.05) is 47.8 Å². The number of carbonyl (C=O) groups excluding carboxylic acids is 1. The molecule has 0 saturated carbocycles. The largest absolute Gasteiger partial charge is 0.315 e. The quantitative estimate of drug-likeness (QED) is 0.691. The standard InChI is InChI=1S/C19H19N3OS/c1-22(17-5-3-2-4-6-17)19(23)13-16-14-24-18(21-16)8-7-15-9-11-20-12-10-15/h2-6,9-12,14H,7-8,13H2,1H3. The first-order valence-corrected chi connectivity index (χ1v) is 8.74. The van der Waals surface area contributed by atoms with Crippen LogP contribution in [0, 0.1) is 0 Å². The Labute approximate surface area is 145 Å². The number of rotatable bonds is 6. The van der Waals surface area contributed by atoms with Crippen molar-refractivity contribution >= 4 is 22.9 Å². The predicted octanol–water partition coefficient (Wildman–Crippen LogP) is 3.53. The van der Waals surface area contributed by atoms with Crippen LogP contribution in [0.5, 0.6) is 0 Å². The number of pyridine rings is 1. The fourth-order valence-corrected chi connectivity index (χ4v) is 3.21. The third-order valence-corrected chi connectivity index (χ3v) is 4.78. The number of thiazole rings is 1. The van der Waals surface area contributed by atoms with E-state index in [0.717, 1.165) is 29.2 Å². The lowest BCUT2D eigenvalue weighted by molar-refractivity contribution is -0.117. The van der Waals surface area contributed by atoms with Gasteiger partial charge in [-0.15, -0.1) is 11.3 Å². The van der Waals surface area contributed by atoms with Gasteiger partial charge in [0.25, 0.3) is 0 Å². The number of hydrogen-bond donors (Lipinski definition) is 0. The molecule has 0 aliphatic carbocycles. The predicted molar refractivity (Wildman–Crippen MR) is 97.3 cm³/mol. The van der Waals surface area contributed by atoms with E-state index in [4.69, 9.17) is 0 Å². The monoisotopic (exact) mass is 337 g/mol. The van der Waals surface area contributed by atoms with Gasteiger partial charge in [0.2, 0.25) is 5.91 Å². The summed E-state index contributed by atoms with van der Waals surface area (Å²) < 4.78 is 0. The van der Waals surface area contributed by atoms with Crippen LogP contribution in [0.4, 0.5) is 5.69 Å². The van der Waals surface area contributed by atoms with Gasteiger partial charge in [0.05, 0.1) is 17.1 Å². The van der Waals surface area contributed by atoms with Crippen molar-refractivity contribution in [2.75, 3.05) is 11.9 Å². The average Bonchev–Trinajstić information content (AvgIpc) is 3.08. The molecule has 1 amide bonds. The first-order valence-electron chi connectivity index (χ1n) is 7.86. The normalized spacial score (nSPS) is 10.5. The molecule has 0 saturated heterocycles. The summed E-state index contributed by atoms with van der Waals surface area (Å²) in [5.41, 5.74) is 3.00. The van der Waals surface area contributed by atoms with E-state index in [1.165, 1.54) is 5.56 Å². The molecule has 0 aliphatic rings. The van der Waals surface area contributed by atoms with E-state index in [1.54, 1.807) is 35.7 Å². The Bertz CT molecular complexity index is 787. The Balaban J connectivity index is 1.56. The molecule has 2 aromatic heterocycles. The van der Waals surface area contributed by atoms with Crippen LogP contribution >= 0.6 is 11.3 Å². The molecule has 0 atom stereocenters. The number of likely N-dealkylation sites (N-methyl/N-ethyl adjacent to an activating group) is 1. The summed E-state index contributed by atoms with van der Waals surface area (Å²) in [7, 11) is 1.80. The minimum Gasteiger partial charge on any atom is -0.315 e. The lowest BCUT2D eigenvalue weighted by Gasteiger charge is -2.16. The van der Waals surface area contributed by atoms with Crippen LogP contribution in [-0.2, 0) is 24.1 Å². The van der Waals surface area contributed by atoms with Gasteiger partial charge < -0.3 is 4.90 Å². The van der Waals surface area contributed by atoms with Crippen LogP contribution in [0.2, 0.25) is 0 Å². The van der Waals surface area contributed by atoms with Gasteiger partial charge in [0.1, 0.15) is 0 Å². The highest BCUT2D eigenvalue weighted by Gasteiger charge is 2.13. The van der Waals surface area contributed by atoms with Gasteiger partial charge in [-0.1, -0.05) is 18.2 Å². The van der Waals surface area contributed by atoms with E-state index >= 15 is 0 Å². The highest BCUT2D eigenvalue weighted by Crippen LogP contribution is 2.16. The van der Waals surface area contributed by atoms with Crippen LogP contribution in [0.25, 0.3) is 0 Å². The average molecular weight is 337 g/mol. The van der Waals surface area contributed by atoms with Crippen molar-refractivity contribution in [2.24, 2.45) is 0 Å². The molecule has 0 N–H and O–H groups in total. The molecule has 4 nitrogen and oxygen atoms in total. The Hall–Kier alpha value is -2.53. The van der Waals surface area contributed by atoms with Crippen LogP contribution in [0.1, 0.15) is 16.3 Å². The minimum atomic E-state index is 0.0483. The number of aryl methyl sites for hydroxylation is 2. The van der Waals surface area contributed by atoms with Gasteiger partial charge in [-0.3, -0.25) is 9.78 Å². The third-order valence-electron chi connectivity index (χ3n) is 3.83. The van der Waals surface area contributed by atoms with Crippen LogP contribution in [0.15, 0.2) is 60.2 Å². The maximum absolute atomic E-state index is 12.4. The minimum absolute atomic E-state index is 0.0483. The molecule has 0 aliphatic heterocycles. The fourth-order valence-electron chi connectivity index (χ4n) is 2.41. The van der Waals surface area contributed by atoms with E-state index < -0.39 is 0 Å². The lowest BCUT2D eigenvalue weighted by atomic mass is 10.1. The van der Waals surface area contributed by atoms with Crippen molar-refractivity contribution in [1.82, 2.24) is 9.97 Å². The summed E-state index contributed by atoms with van der Waals surface area (Å²) in [4.78, 5) is 22.7. The number of para-hydroxylation sites is 1. The molecule has 24 heavy (non-hydrogen) atoms. The molecule has 0 spiro atoms. The van der Waals surface area contributed by atoms with Crippen LogP contribution in [-0.4, -0.2) is 22.9 Å². The second kappa shape index (κ2) is 7.84. The zero-order chi connectivity index (χ0) is 16.8. The van der Waals surface area contributed by atoms with Crippen molar-refractivity contribution in [3.8, 4) is 0 Å². The first-order chi connectivity index (χ1) is 11.7. The molecule has 0 unspecified atom stereocenters. The molecular weight excluding hydrogens is 318 g/mol. The van der Waals surface area contributed by atoms with E-state index in [2.05, 4.69) is 9.97 Å². The maximum Gasteiger partial charge on any atom is 0.232 e. The molecule has 1 aromatic carbocycles. The van der Waals surface area contributed by atoms with Crippen molar-refractivity contribution < 1.29 is 4.79 Å². The maximum atomic E-state index is 12.4. The number of hydrogen-bond acceptors (Lipinski definition) is 4. The van der Waals surface area contributed by atoms with E-state index in [9.17, 15) is 4.79 Å². The molecule has 2 heterocycles. The van der Waals surface area contributed by atoms with Gasteiger partial charge in [-0.05, 0) is 36.2 Å². The van der Waals surface area contributed by atoms with E-state index in [-0.39, 0.29) is 5.91 Å². The van der Waals surface area contributed by atoms with Crippen LogP contribution in [0.3, 0.4) is 0 Å². The molecule has 0 radical (unpaired) electrons. The number of anilines is 1. The highest BCUT2D eigenvalue weighted by molar-refractivity contribution is 7.09. The van der Waals surface area contributed by atoms with E-state index in [0.29, 0.717) is 6.42 Å². The molecular formula is C19H19N3OS. The van der Waals surface area contributed by atoms with Gasteiger partial charge in [0, 0.05) is 36.9 Å². The summed E-state index contributed by atoms with van der Waals surface area (Å²) in [6.07, 6.45) is 5.77. The molecule has 5 heteroatoms. The number of benzene rings is 1. The van der Waals surface area contributed by atoms with Gasteiger partial charge in [-0.2, -0.15) is 0 Å². The summed E-state index contributed by atoms with van der Waals surface area (Å²) in [5, 5.41) is 3.05. The van der Waals surface area contributed by atoms with Crippen molar-refractivity contribution in [1.29, 1.82) is 0 Å². The topological polar surface area (TPSA) is 46.1 Å². The third kappa shape index (κ3) is 4.26. The van der Waals surface area contributed by atoms with Crippen molar-refractivity contribution in [2.45, 2.75) is 19.3 Å². The van der Waals surface area contributed by atoms with Crippen molar-refractivity contribution in [3.63, 3.8) is 0 Å². The highest BCUT2D eigenvalue weighted by atomic mass is 32.1. The van der Waals surface area contributed by atoms with Gasteiger partial charge in [-0.25, -0.2) is 4.98 Å². The fraction of sp³-hybridized carbons (Fsp3) is 0.211. The zero-order valence-electron chi connectivity index (χ0n) is 13.6. The number of carbonyl (C=O) groups is 1. The smallest absolute Gasteiger partial charge is 0.232 e. The summed E-state index contributed by atoms with van der Waals surface area (Å²) in [5.74, 6) is 0.0483. The molecule has 122 valence electrons. The Morgan fingerprint density at radius 3 is 2.58 bits per heavy atom. The number of amides is 1. The molecule has 0 fully saturated rings. The second-order valence-electron chi connectivity index (χ2n) is 5.55. The number of nitrogens with zero attached hydrogens (tertiary/aromatic N) is 3.